The molecule has 0 heterocycles. The summed E-state index contributed by atoms with van der Waals surface area (Å²) in [6.07, 6.45) is -6.84. The first-order chi connectivity index (χ1) is 5.54. The van der Waals surface area contributed by atoms with Gasteiger partial charge in [0.2, 0.25) is 0 Å². The average Bonchev–Trinajstić information content (AvgIpc) is 2.12. The minimum atomic E-state index is -1.79. The fraction of sp³-hybridized carbons (Fsp3) is 0.833. The molecule has 6 heteroatoms. The Morgan fingerprint density at radius 1 is 1.08 bits per heavy atom. The zero-order valence-corrected chi connectivity index (χ0v) is 6.24. The van der Waals surface area contributed by atoms with E-state index >= 15 is 0 Å². The zero-order chi connectivity index (χ0) is 9.72. The molecule has 0 saturated heterocycles. The first kappa shape index (κ1) is 11.5. The molecule has 0 spiro atoms. The number of carbonyl (C=O) groups excluding carboxylic acids is 1. The average molecular weight is 181 g/mol. The highest BCUT2D eigenvalue weighted by atomic mass is 16.4. The molecule has 0 amide bonds. The molecular formula is C6H12O6. The van der Waals surface area contributed by atoms with Gasteiger partial charge in [0, 0.05) is 0 Å². The van der Waals surface area contributed by atoms with Crippen molar-refractivity contribution in [3.05, 3.63) is 0 Å². The summed E-state index contributed by atoms with van der Waals surface area (Å²) in [5, 5.41) is 43.5. The van der Waals surface area contributed by atoms with Crippen LogP contribution in [0.4, 0.5) is 0 Å². The molecule has 0 aromatic heterocycles. The van der Waals surface area contributed by atoms with Gasteiger partial charge < -0.3 is 30.3 Å². The van der Waals surface area contributed by atoms with Crippen molar-refractivity contribution >= 4 is 6.29 Å². The minimum absolute atomic E-state index is 0.0258. The van der Waals surface area contributed by atoms with Gasteiger partial charge in [-0.05, 0) is 0 Å². The Hall–Kier alpha value is -0.530. The summed E-state index contributed by atoms with van der Waals surface area (Å²) >= 11 is 0. The number of aliphatic hydroxyl groups excluding tert-OH is 5. The van der Waals surface area contributed by atoms with Crippen molar-refractivity contribution in [1.82, 2.24) is 0 Å². The molecule has 5 N–H and O–H groups in total. The Balaban J connectivity index is 4.07. The summed E-state index contributed by atoms with van der Waals surface area (Å²) in [6, 6.07) is 0. The Labute approximate surface area is 68.7 Å². The van der Waals surface area contributed by atoms with Crippen LogP contribution in [-0.4, -0.2) is 62.8 Å². The third-order valence-electron chi connectivity index (χ3n) is 1.42. The van der Waals surface area contributed by atoms with E-state index in [9.17, 15) is 4.79 Å². The molecule has 0 aromatic rings. The number of hydrogen-bond donors (Lipinski definition) is 5. The molecule has 0 radical (unpaired) electrons. The molecular weight excluding hydrogens is 169 g/mol. The lowest BCUT2D eigenvalue weighted by molar-refractivity contribution is -0.136. The van der Waals surface area contributed by atoms with Crippen molar-refractivity contribution in [2.45, 2.75) is 24.4 Å². The van der Waals surface area contributed by atoms with Gasteiger partial charge in [-0.3, -0.25) is 0 Å². The van der Waals surface area contributed by atoms with E-state index in [4.69, 9.17) is 25.5 Å². The molecule has 0 saturated carbocycles. The van der Waals surface area contributed by atoms with Crippen molar-refractivity contribution in [2.24, 2.45) is 0 Å². The van der Waals surface area contributed by atoms with Crippen LogP contribution in [0.25, 0.3) is 0 Å². The second-order valence-electron chi connectivity index (χ2n) is 2.36. The Morgan fingerprint density at radius 2 is 1.58 bits per heavy atom. The molecule has 0 aliphatic rings. The number of aliphatic hydroxyl groups is 5. The zero-order valence-electron chi connectivity index (χ0n) is 6.24. The van der Waals surface area contributed by atoms with Crippen LogP contribution in [0.5, 0.6) is 0 Å². The van der Waals surface area contributed by atoms with Crippen LogP contribution in [0.15, 0.2) is 0 Å². The van der Waals surface area contributed by atoms with Crippen molar-refractivity contribution in [2.75, 3.05) is 6.61 Å². The monoisotopic (exact) mass is 181 g/mol. The Kier molecular flexibility index (Phi) is 4.95. The highest BCUT2D eigenvalue weighted by Gasteiger charge is 2.29. The van der Waals surface area contributed by atoms with Gasteiger partial charge >= 0.3 is 0 Å². The standard InChI is InChI=1S/C6H12O6/c7-1-3(9)5(11)6(12)4(10)2-8/h1,3-6,8-12H,2H2/t3-,4+,5+,6-/m0/s1/i1+1. The predicted molar refractivity (Wildman–Crippen MR) is 37.2 cm³/mol. The van der Waals surface area contributed by atoms with Crippen LogP contribution in [0, 0.1) is 0 Å². The summed E-state index contributed by atoms with van der Waals surface area (Å²) in [7, 11) is 0. The molecule has 0 aliphatic carbocycles. The summed E-state index contributed by atoms with van der Waals surface area (Å²) in [5.41, 5.74) is 0. The van der Waals surface area contributed by atoms with Crippen molar-refractivity contribution < 1.29 is 30.3 Å². The third-order valence-corrected chi connectivity index (χ3v) is 1.42. The number of hydrogen-bond acceptors (Lipinski definition) is 6. The Morgan fingerprint density at radius 3 is 1.92 bits per heavy atom. The summed E-state index contributed by atoms with van der Waals surface area (Å²) in [6.45, 7) is -0.760. The van der Waals surface area contributed by atoms with Crippen LogP contribution in [0.1, 0.15) is 0 Å². The maximum Gasteiger partial charge on any atom is 0.151 e. The number of aldehydes is 1. The number of carbonyl (C=O) groups is 1. The van der Waals surface area contributed by atoms with Gasteiger partial charge in [-0.1, -0.05) is 0 Å². The first-order valence-corrected chi connectivity index (χ1v) is 3.33. The van der Waals surface area contributed by atoms with Gasteiger partial charge in [0.25, 0.3) is 0 Å². The fourth-order valence-corrected chi connectivity index (χ4v) is 0.618. The highest BCUT2D eigenvalue weighted by Crippen LogP contribution is 2.02. The van der Waals surface area contributed by atoms with E-state index in [1.165, 1.54) is 0 Å². The summed E-state index contributed by atoms with van der Waals surface area (Å²) < 4.78 is 0. The molecule has 0 aliphatic heterocycles. The fourth-order valence-electron chi connectivity index (χ4n) is 0.618. The number of rotatable bonds is 5. The normalized spacial score (nSPS) is 21.1. The Bertz CT molecular complexity index is 138. The van der Waals surface area contributed by atoms with Gasteiger partial charge in [-0.15, -0.1) is 0 Å². The summed E-state index contributed by atoms with van der Waals surface area (Å²) in [4.78, 5) is 9.90. The van der Waals surface area contributed by atoms with Gasteiger partial charge in [-0.2, -0.15) is 0 Å². The maximum absolute atomic E-state index is 9.90. The molecule has 4 atom stereocenters. The molecule has 0 rings (SSSR count). The molecule has 0 aromatic carbocycles. The van der Waals surface area contributed by atoms with Crippen molar-refractivity contribution in [3.63, 3.8) is 0 Å². The third kappa shape index (κ3) is 2.84. The van der Waals surface area contributed by atoms with Gasteiger partial charge in [0.15, 0.2) is 6.29 Å². The van der Waals surface area contributed by atoms with E-state index in [0.29, 0.717) is 0 Å². The summed E-state index contributed by atoms with van der Waals surface area (Å²) in [5.74, 6) is 0. The smallest absolute Gasteiger partial charge is 0.151 e. The molecule has 72 valence electrons. The van der Waals surface area contributed by atoms with Crippen LogP contribution in [-0.2, 0) is 4.79 Å². The topological polar surface area (TPSA) is 118 Å². The largest absolute Gasteiger partial charge is 0.394 e. The lowest BCUT2D eigenvalue weighted by atomic mass is 10.1. The van der Waals surface area contributed by atoms with Gasteiger partial charge in [-0.25, -0.2) is 0 Å². The van der Waals surface area contributed by atoms with Gasteiger partial charge in [0.05, 0.1) is 6.61 Å². The second kappa shape index (κ2) is 5.18. The minimum Gasteiger partial charge on any atom is -0.394 e. The van der Waals surface area contributed by atoms with E-state index in [-0.39, 0.29) is 6.29 Å². The van der Waals surface area contributed by atoms with Crippen molar-refractivity contribution in [1.29, 1.82) is 0 Å². The second-order valence-corrected chi connectivity index (χ2v) is 2.36. The van der Waals surface area contributed by atoms with E-state index in [0.717, 1.165) is 0 Å². The van der Waals surface area contributed by atoms with E-state index in [1.807, 2.05) is 0 Å². The van der Waals surface area contributed by atoms with Crippen LogP contribution in [0.2, 0.25) is 0 Å². The lowest BCUT2D eigenvalue weighted by Crippen LogP contribution is -2.46. The molecule has 0 fully saturated rings. The van der Waals surface area contributed by atoms with Crippen LogP contribution < -0.4 is 0 Å². The maximum atomic E-state index is 9.90. The molecule has 0 unspecified atom stereocenters. The molecule has 6 nitrogen and oxygen atoms in total. The first-order valence-electron chi connectivity index (χ1n) is 3.33. The van der Waals surface area contributed by atoms with Crippen LogP contribution >= 0.6 is 0 Å². The quantitative estimate of drug-likeness (QED) is 0.223. The van der Waals surface area contributed by atoms with E-state index in [2.05, 4.69) is 0 Å². The lowest BCUT2D eigenvalue weighted by Gasteiger charge is -2.22. The molecule has 0 bridgehead atoms. The van der Waals surface area contributed by atoms with E-state index < -0.39 is 31.0 Å². The highest BCUT2D eigenvalue weighted by molar-refractivity contribution is 5.56. The molecule has 12 heavy (non-hydrogen) atoms. The van der Waals surface area contributed by atoms with Crippen LogP contribution in [0.3, 0.4) is 0 Å². The predicted octanol–water partition coefficient (Wildman–Crippen LogP) is -3.38. The van der Waals surface area contributed by atoms with Gasteiger partial charge in [0.1, 0.15) is 24.4 Å². The van der Waals surface area contributed by atoms with E-state index in [1.54, 1.807) is 0 Å². The van der Waals surface area contributed by atoms with Crippen molar-refractivity contribution in [3.8, 4) is 0 Å². The SMILES string of the molecule is O=[13CH][C@H](O)[C@@H](O)[C@@H](O)[C@H](O)CO.